The standard InChI is InChI=1S/C31H33N3O3/c1-18-8-10-23-22(16-18)26-28-27(20-6-4-5-7-21(20)29(26)37-31(23,2)3)33-25-17-19(9-11-24(25)32-28)30(35)34-12-14-36-15-13-34/h4-7,9,11,17-18,22-23H,8,10,12-16H2,1-3H3/t18-,22-,23-/m1/s1. The molecule has 190 valence electrons. The summed E-state index contributed by atoms with van der Waals surface area (Å²) in [6, 6.07) is 14.1. The van der Waals surface area contributed by atoms with Gasteiger partial charge in [-0.15, -0.1) is 0 Å². The van der Waals surface area contributed by atoms with Crippen LogP contribution >= 0.6 is 0 Å². The zero-order valence-corrected chi connectivity index (χ0v) is 21.8. The largest absolute Gasteiger partial charge is 0.487 e. The molecule has 1 aromatic heterocycles. The molecule has 37 heavy (non-hydrogen) atoms. The molecule has 2 fully saturated rings. The molecule has 4 aromatic rings. The normalized spacial score (nSPS) is 25.1. The van der Waals surface area contributed by atoms with Crippen LogP contribution in [0.2, 0.25) is 0 Å². The first-order valence-electron chi connectivity index (χ1n) is 13.6. The Balaban J connectivity index is 1.46. The van der Waals surface area contributed by atoms with E-state index in [-0.39, 0.29) is 11.5 Å². The number of rotatable bonds is 1. The maximum Gasteiger partial charge on any atom is 0.254 e. The molecule has 0 spiro atoms. The van der Waals surface area contributed by atoms with Gasteiger partial charge in [0.15, 0.2) is 0 Å². The highest BCUT2D eigenvalue weighted by Crippen LogP contribution is 2.56. The molecule has 1 aliphatic carbocycles. The number of nitrogens with zero attached hydrogens (tertiary/aromatic N) is 3. The number of carbonyl (C=O) groups is 1. The highest BCUT2D eigenvalue weighted by molar-refractivity contribution is 6.11. The van der Waals surface area contributed by atoms with Gasteiger partial charge in [0.2, 0.25) is 0 Å². The molecule has 0 radical (unpaired) electrons. The van der Waals surface area contributed by atoms with E-state index in [4.69, 9.17) is 19.4 Å². The third-order valence-electron chi connectivity index (χ3n) is 8.88. The predicted octanol–water partition coefficient (Wildman–Crippen LogP) is 6.10. The molecule has 1 saturated heterocycles. The number of hydrogen-bond acceptors (Lipinski definition) is 5. The van der Waals surface area contributed by atoms with Gasteiger partial charge < -0.3 is 14.4 Å². The third kappa shape index (κ3) is 3.60. The molecule has 3 atom stereocenters. The Bertz CT molecular complexity index is 1560. The fraction of sp³-hybridized carbons (Fsp3) is 0.452. The molecular formula is C31H33N3O3. The monoisotopic (exact) mass is 495 g/mol. The number of carbonyl (C=O) groups excluding carboxylic acids is 1. The molecule has 7 rings (SSSR count). The number of benzene rings is 3. The van der Waals surface area contributed by atoms with E-state index in [0.29, 0.717) is 49.6 Å². The third-order valence-corrected chi connectivity index (χ3v) is 8.88. The van der Waals surface area contributed by atoms with Crippen LogP contribution in [-0.2, 0) is 4.74 Å². The van der Waals surface area contributed by atoms with Gasteiger partial charge in [-0.3, -0.25) is 4.79 Å². The van der Waals surface area contributed by atoms with Gasteiger partial charge in [0.25, 0.3) is 5.91 Å². The van der Waals surface area contributed by atoms with Crippen LogP contribution in [0.15, 0.2) is 42.5 Å². The van der Waals surface area contributed by atoms with E-state index in [9.17, 15) is 4.79 Å². The fourth-order valence-electron chi connectivity index (χ4n) is 6.98. The van der Waals surface area contributed by atoms with Crippen molar-refractivity contribution >= 4 is 38.7 Å². The lowest BCUT2D eigenvalue weighted by Crippen LogP contribution is -2.46. The van der Waals surface area contributed by atoms with Crippen molar-refractivity contribution < 1.29 is 14.3 Å². The quantitative estimate of drug-likeness (QED) is 0.236. The summed E-state index contributed by atoms with van der Waals surface area (Å²) >= 11 is 0. The average Bonchev–Trinajstić information content (AvgIpc) is 2.91. The van der Waals surface area contributed by atoms with Crippen LogP contribution in [-0.4, -0.2) is 52.7 Å². The second-order valence-electron chi connectivity index (χ2n) is 11.7. The summed E-state index contributed by atoms with van der Waals surface area (Å²) in [6.07, 6.45) is 3.55. The minimum atomic E-state index is -0.229. The highest BCUT2D eigenvalue weighted by atomic mass is 16.5. The first kappa shape index (κ1) is 22.9. The Morgan fingerprint density at radius 2 is 1.73 bits per heavy atom. The Labute approximate surface area is 217 Å². The van der Waals surface area contributed by atoms with E-state index in [1.807, 2.05) is 23.1 Å². The van der Waals surface area contributed by atoms with Gasteiger partial charge in [-0.05, 0) is 56.7 Å². The van der Waals surface area contributed by atoms with Crippen LogP contribution in [0.4, 0.5) is 0 Å². The predicted molar refractivity (Wildman–Crippen MR) is 145 cm³/mol. The summed E-state index contributed by atoms with van der Waals surface area (Å²) in [6.45, 7) is 9.28. The molecule has 0 bridgehead atoms. The van der Waals surface area contributed by atoms with Crippen LogP contribution in [0.25, 0.3) is 32.8 Å². The zero-order valence-electron chi connectivity index (χ0n) is 21.8. The summed E-state index contributed by atoms with van der Waals surface area (Å²) in [5.74, 6) is 2.52. The molecule has 3 heterocycles. The molecule has 2 aliphatic heterocycles. The molecule has 6 nitrogen and oxygen atoms in total. The topological polar surface area (TPSA) is 64.6 Å². The Morgan fingerprint density at radius 1 is 0.973 bits per heavy atom. The van der Waals surface area contributed by atoms with E-state index < -0.39 is 0 Å². The van der Waals surface area contributed by atoms with Crippen molar-refractivity contribution in [2.45, 2.75) is 51.6 Å². The van der Waals surface area contributed by atoms with Gasteiger partial charge >= 0.3 is 0 Å². The lowest BCUT2D eigenvalue weighted by molar-refractivity contribution is -0.0115. The lowest BCUT2D eigenvalue weighted by atomic mass is 9.64. The summed E-state index contributed by atoms with van der Waals surface area (Å²) in [4.78, 5) is 25.4. The van der Waals surface area contributed by atoms with Crippen molar-refractivity contribution in [3.8, 4) is 5.75 Å². The minimum absolute atomic E-state index is 0.0251. The smallest absolute Gasteiger partial charge is 0.254 e. The SMILES string of the molecule is C[C@@H]1CC[C@@H]2[C@@H](C1)c1c(c3ccccc3c3nc4cc(C(=O)N5CCOCC5)ccc4nc13)OC2(C)C. The number of fused-ring (bicyclic) bond motifs is 9. The van der Waals surface area contributed by atoms with Gasteiger partial charge in [0.1, 0.15) is 11.4 Å². The molecule has 6 heteroatoms. The second kappa shape index (κ2) is 8.38. The van der Waals surface area contributed by atoms with E-state index in [1.165, 1.54) is 18.4 Å². The van der Waals surface area contributed by atoms with E-state index in [2.05, 4.69) is 45.0 Å². The highest BCUT2D eigenvalue weighted by Gasteiger charge is 2.47. The van der Waals surface area contributed by atoms with Crippen LogP contribution in [0, 0.1) is 11.8 Å². The molecule has 3 aliphatic rings. The van der Waals surface area contributed by atoms with E-state index in [0.717, 1.165) is 45.0 Å². The maximum absolute atomic E-state index is 13.2. The van der Waals surface area contributed by atoms with Crippen molar-refractivity contribution in [1.82, 2.24) is 14.9 Å². The molecular weight excluding hydrogens is 462 g/mol. The van der Waals surface area contributed by atoms with Gasteiger partial charge in [-0.25, -0.2) is 9.97 Å². The summed E-state index contributed by atoms with van der Waals surface area (Å²) in [7, 11) is 0. The van der Waals surface area contributed by atoms with Crippen LogP contribution in [0.1, 0.15) is 61.9 Å². The van der Waals surface area contributed by atoms with Crippen LogP contribution in [0.5, 0.6) is 5.75 Å². The first-order valence-corrected chi connectivity index (χ1v) is 13.6. The summed E-state index contributed by atoms with van der Waals surface area (Å²) < 4.78 is 12.3. The van der Waals surface area contributed by atoms with Crippen molar-refractivity contribution in [1.29, 1.82) is 0 Å². The van der Waals surface area contributed by atoms with Gasteiger partial charge in [-0.2, -0.15) is 0 Å². The Kier molecular flexibility index (Phi) is 5.19. The zero-order chi connectivity index (χ0) is 25.3. The number of morpholine rings is 1. The van der Waals surface area contributed by atoms with E-state index in [1.54, 1.807) is 0 Å². The van der Waals surface area contributed by atoms with Gasteiger partial charge in [-0.1, -0.05) is 37.6 Å². The Hall–Kier alpha value is -3.25. The van der Waals surface area contributed by atoms with Crippen molar-refractivity contribution in [3.63, 3.8) is 0 Å². The molecule has 3 aromatic carbocycles. The van der Waals surface area contributed by atoms with Crippen LogP contribution in [0.3, 0.4) is 0 Å². The van der Waals surface area contributed by atoms with Crippen LogP contribution < -0.4 is 4.74 Å². The molecule has 0 N–H and O–H groups in total. The van der Waals surface area contributed by atoms with Gasteiger partial charge in [0.05, 0.1) is 35.3 Å². The van der Waals surface area contributed by atoms with Gasteiger partial charge in [0, 0.05) is 40.9 Å². The molecule has 0 unspecified atom stereocenters. The van der Waals surface area contributed by atoms with Crippen molar-refractivity contribution in [2.24, 2.45) is 11.8 Å². The number of amides is 1. The second-order valence-corrected chi connectivity index (χ2v) is 11.7. The average molecular weight is 496 g/mol. The van der Waals surface area contributed by atoms with Crippen molar-refractivity contribution in [3.05, 3.63) is 53.6 Å². The first-order chi connectivity index (χ1) is 17.9. The number of ether oxygens (including phenoxy) is 2. The number of hydrogen-bond donors (Lipinski definition) is 0. The molecule has 1 amide bonds. The summed E-state index contributed by atoms with van der Waals surface area (Å²) in [5.41, 5.74) is 5.07. The maximum atomic E-state index is 13.2. The number of aromatic nitrogens is 2. The lowest BCUT2D eigenvalue weighted by Gasteiger charge is -2.49. The summed E-state index contributed by atoms with van der Waals surface area (Å²) in [5, 5.41) is 2.15. The van der Waals surface area contributed by atoms with Crippen molar-refractivity contribution in [2.75, 3.05) is 26.3 Å². The Morgan fingerprint density at radius 3 is 2.54 bits per heavy atom. The molecule has 1 saturated carbocycles. The van der Waals surface area contributed by atoms with E-state index >= 15 is 0 Å². The fourth-order valence-corrected chi connectivity index (χ4v) is 6.98. The minimum Gasteiger partial charge on any atom is -0.487 e.